The van der Waals surface area contributed by atoms with Gasteiger partial charge < -0.3 is 9.47 Å². The van der Waals surface area contributed by atoms with E-state index >= 15 is 0 Å². The lowest BCUT2D eigenvalue weighted by atomic mass is 9.94. The molecular weight excluding hydrogens is 438 g/mol. The Morgan fingerprint density at radius 3 is 2.76 bits per heavy atom. The van der Waals surface area contributed by atoms with Crippen molar-refractivity contribution in [3.63, 3.8) is 0 Å². The van der Waals surface area contributed by atoms with Crippen LogP contribution in [0, 0.1) is 5.92 Å². The van der Waals surface area contributed by atoms with E-state index in [-0.39, 0.29) is 18.3 Å². The Morgan fingerprint density at radius 2 is 1.94 bits per heavy atom. The monoisotopic (exact) mass is 463 g/mol. The highest BCUT2D eigenvalue weighted by Crippen LogP contribution is 2.41. The summed E-state index contributed by atoms with van der Waals surface area (Å²) in [5, 5.41) is 2.52. The van der Waals surface area contributed by atoms with Crippen molar-refractivity contribution in [1.29, 1.82) is 0 Å². The molecule has 0 spiro atoms. The predicted octanol–water partition coefficient (Wildman–Crippen LogP) is 3.41. The number of amides is 2. The van der Waals surface area contributed by atoms with E-state index in [9.17, 15) is 9.59 Å². The number of carbonyl (C=O) groups is 2. The zero-order valence-corrected chi connectivity index (χ0v) is 19.5. The van der Waals surface area contributed by atoms with E-state index in [2.05, 4.69) is 39.7 Å². The molecule has 1 aromatic heterocycles. The minimum atomic E-state index is -0.395. The molecule has 1 unspecified atom stereocenters. The average molecular weight is 464 g/mol. The molecule has 1 N–H and O–H groups in total. The molecule has 2 aromatic rings. The Morgan fingerprint density at radius 1 is 1.12 bits per heavy atom. The molecule has 33 heavy (non-hydrogen) atoms. The molecule has 0 saturated carbocycles. The number of benzene rings is 1. The van der Waals surface area contributed by atoms with Crippen LogP contribution in [0.25, 0.3) is 5.57 Å². The number of fused-ring (bicyclic) bond motifs is 1. The van der Waals surface area contributed by atoms with Crippen molar-refractivity contribution < 1.29 is 9.59 Å². The minimum Gasteiger partial charge on any atom is -0.342 e. The molecule has 7 nitrogen and oxygen atoms in total. The van der Waals surface area contributed by atoms with Gasteiger partial charge in [0.05, 0.1) is 34.4 Å². The summed E-state index contributed by atoms with van der Waals surface area (Å²) in [6.07, 6.45) is 9.46. The predicted molar refractivity (Wildman–Crippen MR) is 129 cm³/mol. The topological polar surface area (TPSA) is 79.6 Å². The molecule has 2 amide bonds. The van der Waals surface area contributed by atoms with Crippen LogP contribution in [0.2, 0.25) is 0 Å². The lowest BCUT2D eigenvalue weighted by Crippen LogP contribution is -2.32. The minimum absolute atomic E-state index is 0. The second-order valence-corrected chi connectivity index (χ2v) is 9.21. The lowest BCUT2D eigenvalue weighted by molar-refractivity contribution is -0.123. The molecule has 0 fully saturated rings. The highest BCUT2D eigenvalue weighted by atomic mass is 35.5. The van der Waals surface area contributed by atoms with Gasteiger partial charge in [-0.05, 0) is 30.7 Å². The summed E-state index contributed by atoms with van der Waals surface area (Å²) in [6, 6.07) is 6.51. The Labute approximate surface area is 198 Å². The first kappa shape index (κ1) is 21.6. The van der Waals surface area contributed by atoms with Gasteiger partial charge in [-0.1, -0.05) is 32.0 Å². The van der Waals surface area contributed by atoms with Crippen molar-refractivity contribution in [1.82, 2.24) is 14.9 Å². The average Bonchev–Trinajstić information content (AvgIpc) is 3.40. The third-order valence-corrected chi connectivity index (χ3v) is 7.01. The molecular formula is C25H26ClN5O2. The molecule has 170 valence electrons. The van der Waals surface area contributed by atoms with Gasteiger partial charge in [0.25, 0.3) is 11.8 Å². The van der Waals surface area contributed by atoms with Gasteiger partial charge in [0.2, 0.25) is 0 Å². The summed E-state index contributed by atoms with van der Waals surface area (Å²) in [7, 11) is 0. The van der Waals surface area contributed by atoms with Gasteiger partial charge >= 0.3 is 0 Å². The molecule has 8 heteroatoms. The number of halogens is 1. The molecule has 0 bridgehead atoms. The zero-order valence-electron chi connectivity index (χ0n) is 18.7. The van der Waals surface area contributed by atoms with Crippen molar-refractivity contribution in [3.05, 3.63) is 65.0 Å². The van der Waals surface area contributed by atoms with Crippen LogP contribution in [-0.4, -0.2) is 33.1 Å². The number of aromatic nitrogens is 2. The van der Waals surface area contributed by atoms with Gasteiger partial charge in [-0.25, -0.2) is 4.98 Å². The van der Waals surface area contributed by atoms with E-state index in [1.165, 1.54) is 5.56 Å². The molecule has 0 saturated heterocycles. The van der Waals surface area contributed by atoms with Gasteiger partial charge in [0.1, 0.15) is 5.82 Å². The summed E-state index contributed by atoms with van der Waals surface area (Å²) in [6.45, 7) is 5.26. The SMILES string of the molecule is CC(C)C1Cc2cccc3c2N1C=CN=C3C1=C(c2cnc3n2CCCC3)C(=O)NC1=O.Cl. The quantitative estimate of drug-likeness (QED) is 0.707. The number of hydrogen-bond acceptors (Lipinski definition) is 5. The van der Waals surface area contributed by atoms with E-state index in [1.54, 1.807) is 12.4 Å². The zero-order chi connectivity index (χ0) is 22.0. The molecule has 4 aliphatic rings. The van der Waals surface area contributed by atoms with E-state index in [1.807, 2.05) is 18.3 Å². The number of aryl methyl sites for hydroxylation is 1. The number of carbonyl (C=O) groups excluding carboxylic acids is 2. The van der Waals surface area contributed by atoms with Crippen LogP contribution in [0.1, 0.15) is 49.3 Å². The maximum Gasteiger partial charge on any atom is 0.261 e. The fraction of sp³-hybridized carbons (Fsp3) is 0.360. The largest absolute Gasteiger partial charge is 0.342 e. The number of rotatable bonds is 3. The molecule has 4 aliphatic heterocycles. The number of anilines is 1. The van der Waals surface area contributed by atoms with Crippen LogP contribution in [0.15, 0.2) is 47.4 Å². The van der Waals surface area contributed by atoms with E-state index in [0.717, 1.165) is 49.3 Å². The van der Waals surface area contributed by atoms with Gasteiger partial charge in [0.15, 0.2) is 0 Å². The Balaban J connectivity index is 0.00000228. The summed E-state index contributed by atoms with van der Waals surface area (Å²) in [5.41, 5.74) is 5.21. The van der Waals surface area contributed by atoms with Crippen LogP contribution in [0.4, 0.5) is 5.69 Å². The highest BCUT2D eigenvalue weighted by Gasteiger charge is 2.40. The van der Waals surface area contributed by atoms with Crippen molar-refractivity contribution in [3.8, 4) is 0 Å². The van der Waals surface area contributed by atoms with Gasteiger partial charge in [-0.15, -0.1) is 12.4 Å². The maximum absolute atomic E-state index is 13.1. The number of aliphatic imine (C=N–C) groups is 1. The first-order valence-corrected chi connectivity index (χ1v) is 11.3. The van der Waals surface area contributed by atoms with Gasteiger partial charge in [-0.2, -0.15) is 0 Å². The van der Waals surface area contributed by atoms with Crippen LogP contribution in [0.3, 0.4) is 0 Å². The van der Waals surface area contributed by atoms with E-state index < -0.39 is 5.91 Å². The van der Waals surface area contributed by atoms with Gasteiger partial charge in [-0.3, -0.25) is 19.9 Å². The Hall–Kier alpha value is -3.19. The number of nitrogens with one attached hydrogen (secondary N) is 1. The molecule has 1 aromatic carbocycles. The standard InChI is InChI=1S/C25H25N5O2.ClH/c1-14(2)17-12-15-6-5-7-16-22(26-9-11-30(17)23(15)16)21-20(24(31)28-25(21)32)18-13-27-19-8-3-4-10-29(18)19;/h5-7,9,11,13-14,17H,3-4,8,10,12H2,1-2H3,(H,28,31,32);1H. The first-order valence-electron chi connectivity index (χ1n) is 11.3. The summed E-state index contributed by atoms with van der Waals surface area (Å²) in [4.78, 5) is 37.6. The third-order valence-electron chi connectivity index (χ3n) is 7.01. The van der Waals surface area contributed by atoms with E-state index in [4.69, 9.17) is 4.99 Å². The normalized spacial score (nSPS) is 21.0. The molecule has 5 heterocycles. The van der Waals surface area contributed by atoms with Crippen molar-refractivity contribution in [2.45, 2.75) is 52.1 Å². The Kier molecular flexibility index (Phi) is 5.24. The number of imide groups is 1. The number of imidazole rings is 1. The molecule has 6 rings (SSSR count). The van der Waals surface area contributed by atoms with Crippen LogP contribution < -0.4 is 10.2 Å². The summed E-state index contributed by atoms with van der Waals surface area (Å²) >= 11 is 0. The van der Waals surface area contributed by atoms with E-state index in [0.29, 0.717) is 34.5 Å². The van der Waals surface area contributed by atoms with Crippen LogP contribution in [-0.2, 0) is 29.0 Å². The molecule has 0 radical (unpaired) electrons. The number of para-hydroxylation sites is 1. The van der Waals surface area contributed by atoms with Crippen molar-refractivity contribution in [2.24, 2.45) is 10.9 Å². The lowest BCUT2D eigenvalue weighted by Gasteiger charge is -2.27. The van der Waals surface area contributed by atoms with Gasteiger partial charge in [0, 0.05) is 37.0 Å². The van der Waals surface area contributed by atoms with Crippen molar-refractivity contribution in [2.75, 3.05) is 4.90 Å². The maximum atomic E-state index is 13.1. The highest BCUT2D eigenvalue weighted by molar-refractivity contribution is 6.47. The summed E-state index contributed by atoms with van der Waals surface area (Å²) < 4.78 is 2.08. The third kappa shape index (κ3) is 3.17. The second-order valence-electron chi connectivity index (χ2n) is 9.21. The van der Waals surface area contributed by atoms with Crippen LogP contribution >= 0.6 is 12.4 Å². The smallest absolute Gasteiger partial charge is 0.261 e. The number of hydrogen-bond donors (Lipinski definition) is 1. The Bertz CT molecular complexity index is 1270. The van der Waals surface area contributed by atoms with Crippen LogP contribution in [0.5, 0.6) is 0 Å². The molecule has 1 atom stereocenters. The summed E-state index contributed by atoms with van der Waals surface area (Å²) in [5.74, 6) is 0.664. The second kappa shape index (κ2) is 7.99. The fourth-order valence-electron chi connectivity index (χ4n) is 5.47. The molecule has 0 aliphatic carbocycles. The fourth-order valence-corrected chi connectivity index (χ4v) is 5.47. The first-order chi connectivity index (χ1) is 15.5. The number of nitrogens with zero attached hydrogens (tertiary/aromatic N) is 4. The van der Waals surface area contributed by atoms with Crippen molar-refractivity contribution >= 4 is 41.2 Å².